The monoisotopic (exact) mass is 361 g/mol. The summed E-state index contributed by atoms with van der Waals surface area (Å²) in [6, 6.07) is 15.3. The Morgan fingerprint density at radius 1 is 1.08 bits per heavy atom. The van der Waals surface area contributed by atoms with Crippen LogP contribution in [0.2, 0.25) is 0 Å². The highest BCUT2D eigenvalue weighted by Crippen LogP contribution is 2.27. The van der Waals surface area contributed by atoms with Crippen LogP contribution < -0.4 is 0 Å². The van der Waals surface area contributed by atoms with Crippen LogP contribution in [0.3, 0.4) is 0 Å². The van der Waals surface area contributed by atoms with Crippen molar-refractivity contribution < 1.29 is 13.7 Å². The molecule has 0 saturated heterocycles. The fraction of sp³-hybridized carbons (Fsp3) is 0.222. The van der Waals surface area contributed by atoms with Gasteiger partial charge in [-0.2, -0.15) is 0 Å². The number of nitrogens with zero attached hydrogens (tertiary/aromatic N) is 1. The van der Waals surface area contributed by atoms with E-state index >= 15 is 0 Å². The van der Waals surface area contributed by atoms with Crippen LogP contribution in [0, 0.1) is 0 Å². The molecule has 0 aliphatic rings. The molecule has 0 aliphatic heterocycles. The Morgan fingerprint density at radius 2 is 1.83 bits per heavy atom. The van der Waals surface area contributed by atoms with Crippen molar-refractivity contribution in [2.45, 2.75) is 27.1 Å². The van der Waals surface area contributed by atoms with Gasteiger partial charge in [-0.3, -0.25) is 0 Å². The van der Waals surface area contributed by atoms with Gasteiger partial charge in [0.05, 0.1) is 29.0 Å². The van der Waals surface area contributed by atoms with E-state index in [-0.39, 0.29) is 0 Å². The molecule has 0 amide bonds. The summed E-state index contributed by atoms with van der Waals surface area (Å²) in [7, 11) is 0. The fourth-order valence-electron chi connectivity index (χ4n) is 2.10. The first-order chi connectivity index (χ1) is 11.8. The fourth-order valence-corrected chi connectivity index (χ4v) is 3.20. The largest absolute Gasteiger partial charge is 0.391 e. The van der Waals surface area contributed by atoms with Gasteiger partial charge in [0.2, 0.25) is 0 Å². The van der Waals surface area contributed by atoms with Gasteiger partial charge in [-0.1, -0.05) is 50.2 Å². The normalized spacial score (nSPS) is 10.1. The number of carbonyl (C=O) groups excluding carboxylic acids is 1. The van der Waals surface area contributed by atoms with Gasteiger partial charge in [-0.25, -0.2) is 9.78 Å². The minimum absolute atomic E-state index is 0.406. The first-order valence-corrected chi connectivity index (χ1v) is 8.82. The summed E-state index contributed by atoms with van der Waals surface area (Å²) in [6.07, 6.45) is 0. The molecule has 24 heavy (non-hydrogen) atoms. The molecular weight excluding hydrogens is 342 g/mol. The Balaban J connectivity index is 0.00000100. The van der Waals surface area contributed by atoms with E-state index < -0.39 is 5.97 Å². The third-order valence-electron chi connectivity index (χ3n) is 3.10. The van der Waals surface area contributed by atoms with Crippen LogP contribution in [0.5, 0.6) is 0 Å². The Bertz CT molecular complexity index is 787. The van der Waals surface area contributed by atoms with Crippen molar-refractivity contribution in [1.29, 1.82) is 0 Å². The summed E-state index contributed by atoms with van der Waals surface area (Å²) in [5.41, 5.74) is 2.35. The Hall–Kier alpha value is -1.89. The predicted molar refractivity (Wildman–Crippen MR) is 100 cm³/mol. The third kappa shape index (κ3) is 4.56. The molecule has 0 saturated carbocycles. The second kappa shape index (κ2) is 9.42. The molecule has 3 aromatic rings. The molecule has 3 rings (SSSR count). The summed E-state index contributed by atoms with van der Waals surface area (Å²) in [5, 5.41) is 0.824. The number of benzene rings is 2. The topological polar surface area (TPSA) is 48.4 Å². The van der Waals surface area contributed by atoms with Crippen LogP contribution >= 0.6 is 24.2 Å². The van der Waals surface area contributed by atoms with E-state index in [0.717, 1.165) is 20.8 Å². The van der Waals surface area contributed by atoms with Crippen LogP contribution in [0.1, 0.15) is 34.8 Å². The zero-order valence-electron chi connectivity index (χ0n) is 13.6. The van der Waals surface area contributed by atoms with Gasteiger partial charge in [0.15, 0.2) is 0 Å². The molecule has 4 nitrogen and oxygen atoms in total. The molecule has 0 aliphatic carbocycles. The number of hydrogen-bond acceptors (Lipinski definition) is 6. The van der Waals surface area contributed by atoms with Crippen LogP contribution in [-0.2, 0) is 22.1 Å². The number of hydrogen-bond donors (Lipinski definition) is 1. The number of carbonyl (C=O) groups is 1. The highest BCUT2D eigenvalue weighted by molar-refractivity contribution is 7.75. The molecule has 1 aromatic heterocycles. The van der Waals surface area contributed by atoms with Crippen molar-refractivity contribution >= 4 is 40.4 Å². The maximum atomic E-state index is 11.7. The van der Waals surface area contributed by atoms with E-state index in [1.165, 1.54) is 11.3 Å². The summed E-state index contributed by atoms with van der Waals surface area (Å²) in [4.78, 5) is 16.2. The molecule has 0 unspecified atom stereocenters. The van der Waals surface area contributed by atoms with E-state index in [2.05, 4.69) is 22.1 Å². The van der Waals surface area contributed by atoms with Crippen molar-refractivity contribution in [3.8, 4) is 0 Å². The summed E-state index contributed by atoms with van der Waals surface area (Å²) >= 11 is 5.00. The predicted octanol–water partition coefficient (Wildman–Crippen LogP) is 5.04. The summed E-state index contributed by atoms with van der Waals surface area (Å²) in [5.74, 6) is -0.477. The van der Waals surface area contributed by atoms with Gasteiger partial charge in [0.1, 0.15) is 5.01 Å². The lowest BCUT2D eigenvalue weighted by Crippen LogP contribution is -1.97. The SMILES string of the molecule is CC.O=C(OS)c1cccc2nc(COCc3ccccc3)sc12. The molecule has 0 bridgehead atoms. The van der Waals surface area contributed by atoms with Crippen molar-refractivity contribution in [3.05, 3.63) is 64.7 Å². The standard InChI is InChI=1S/C16H13NO3S2.C2H6/c18-16(20-21)12-7-4-8-13-15(12)22-14(17-13)10-19-9-11-5-2-1-3-6-11;1-2/h1-8,21H,9-10H2;1-2H3. The van der Waals surface area contributed by atoms with Crippen molar-refractivity contribution in [1.82, 2.24) is 4.98 Å². The number of aromatic nitrogens is 1. The average Bonchev–Trinajstić information content (AvgIpc) is 3.06. The minimum atomic E-state index is -0.477. The number of rotatable bonds is 5. The number of thiazole rings is 1. The Kier molecular flexibility index (Phi) is 7.24. The van der Waals surface area contributed by atoms with Crippen molar-refractivity contribution in [3.63, 3.8) is 0 Å². The first kappa shape index (κ1) is 18.4. The molecule has 2 aromatic carbocycles. The third-order valence-corrected chi connectivity index (χ3v) is 4.34. The molecule has 6 heteroatoms. The van der Waals surface area contributed by atoms with Crippen LogP contribution in [0.15, 0.2) is 48.5 Å². The van der Waals surface area contributed by atoms with E-state index in [1.54, 1.807) is 12.1 Å². The van der Waals surface area contributed by atoms with Gasteiger partial charge in [-0.05, 0) is 17.7 Å². The van der Waals surface area contributed by atoms with Crippen molar-refractivity contribution in [2.24, 2.45) is 0 Å². The zero-order valence-corrected chi connectivity index (χ0v) is 15.3. The van der Waals surface area contributed by atoms with E-state index in [0.29, 0.717) is 18.8 Å². The zero-order chi connectivity index (χ0) is 17.4. The maximum Gasteiger partial charge on any atom is 0.351 e. The van der Waals surface area contributed by atoms with Gasteiger partial charge in [-0.15, -0.1) is 11.3 Å². The highest BCUT2D eigenvalue weighted by atomic mass is 32.1. The van der Waals surface area contributed by atoms with E-state index in [1.807, 2.05) is 50.2 Å². The second-order valence-corrected chi connectivity index (χ2v) is 5.88. The van der Waals surface area contributed by atoms with Crippen LogP contribution in [0.25, 0.3) is 10.2 Å². The van der Waals surface area contributed by atoms with Crippen molar-refractivity contribution in [2.75, 3.05) is 0 Å². The summed E-state index contributed by atoms with van der Waals surface area (Å²) in [6.45, 7) is 4.94. The second-order valence-electron chi connectivity index (χ2n) is 4.62. The van der Waals surface area contributed by atoms with E-state index in [9.17, 15) is 4.79 Å². The number of fused-ring (bicyclic) bond motifs is 1. The Labute approximate surface area is 151 Å². The minimum Gasteiger partial charge on any atom is -0.391 e. The van der Waals surface area contributed by atoms with Gasteiger partial charge >= 0.3 is 5.97 Å². The Morgan fingerprint density at radius 3 is 2.54 bits per heavy atom. The number of thiol groups is 1. The molecule has 1 heterocycles. The average molecular weight is 361 g/mol. The lowest BCUT2D eigenvalue weighted by Gasteiger charge is -2.01. The lowest BCUT2D eigenvalue weighted by atomic mass is 10.2. The van der Waals surface area contributed by atoms with Crippen LogP contribution in [0.4, 0.5) is 0 Å². The van der Waals surface area contributed by atoms with Gasteiger partial charge < -0.3 is 8.92 Å². The molecule has 0 N–H and O–H groups in total. The molecule has 0 radical (unpaired) electrons. The molecule has 0 atom stereocenters. The molecule has 0 spiro atoms. The molecule has 0 fully saturated rings. The van der Waals surface area contributed by atoms with E-state index in [4.69, 9.17) is 4.74 Å². The lowest BCUT2D eigenvalue weighted by molar-refractivity contribution is 0.0774. The first-order valence-electron chi connectivity index (χ1n) is 7.64. The smallest absolute Gasteiger partial charge is 0.351 e. The van der Waals surface area contributed by atoms with Gasteiger partial charge in [0, 0.05) is 12.9 Å². The summed E-state index contributed by atoms with van der Waals surface area (Å²) < 4.78 is 11.0. The highest BCUT2D eigenvalue weighted by Gasteiger charge is 2.14. The molecular formula is C18H19NO3S2. The van der Waals surface area contributed by atoms with Crippen LogP contribution in [-0.4, -0.2) is 11.0 Å². The van der Waals surface area contributed by atoms with Gasteiger partial charge in [0.25, 0.3) is 0 Å². The maximum absolute atomic E-state index is 11.7. The quantitative estimate of drug-likeness (QED) is 0.511. The molecule has 126 valence electrons. The number of ether oxygens (including phenoxy) is 1.